The van der Waals surface area contributed by atoms with Crippen LogP contribution in [0, 0.1) is 11.5 Å². The third kappa shape index (κ3) is 3.43. The van der Waals surface area contributed by atoms with Crippen LogP contribution in [0.25, 0.3) is 0 Å². The van der Waals surface area contributed by atoms with Crippen LogP contribution < -0.4 is 10.6 Å². The zero-order valence-electron chi connectivity index (χ0n) is 12.6. The van der Waals surface area contributed by atoms with Gasteiger partial charge in [-0.2, -0.15) is 5.26 Å². The lowest BCUT2D eigenvalue weighted by Crippen LogP contribution is -2.56. The molecule has 0 bridgehead atoms. The summed E-state index contributed by atoms with van der Waals surface area (Å²) < 4.78 is 14.4. The number of hydrogen-bond donors (Lipinski definition) is 2. The number of hydrogen-bond acceptors (Lipinski definition) is 5. The van der Waals surface area contributed by atoms with Gasteiger partial charge in [0.05, 0.1) is 0 Å². The van der Waals surface area contributed by atoms with Crippen molar-refractivity contribution in [1.82, 2.24) is 10.3 Å². The van der Waals surface area contributed by atoms with E-state index in [4.69, 9.17) is 16.9 Å². The van der Waals surface area contributed by atoms with Gasteiger partial charge in [-0.25, -0.2) is 9.37 Å². The number of nitriles is 1. The highest BCUT2D eigenvalue weighted by atomic mass is 35.5. The van der Waals surface area contributed by atoms with E-state index in [0.717, 1.165) is 17.7 Å². The van der Waals surface area contributed by atoms with Gasteiger partial charge < -0.3 is 5.32 Å². The molecule has 1 heterocycles. The van der Waals surface area contributed by atoms with Gasteiger partial charge in [0, 0.05) is 23.8 Å². The van der Waals surface area contributed by atoms with Crippen molar-refractivity contribution < 1.29 is 9.18 Å². The van der Waals surface area contributed by atoms with E-state index in [1.807, 2.05) is 0 Å². The topological polar surface area (TPSA) is 77.8 Å². The molecule has 1 aromatic heterocycles. The van der Waals surface area contributed by atoms with Crippen molar-refractivity contribution in [2.45, 2.75) is 62.6 Å². The van der Waals surface area contributed by atoms with Crippen LogP contribution in [-0.2, 0) is 4.79 Å². The minimum Gasteiger partial charge on any atom is -0.321 e. The van der Waals surface area contributed by atoms with E-state index in [2.05, 4.69) is 15.6 Å². The first kappa shape index (κ1) is 16.5. The first-order valence-corrected chi connectivity index (χ1v) is 9.02. The fourth-order valence-electron chi connectivity index (χ4n) is 3.29. The van der Waals surface area contributed by atoms with E-state index in [9.17, 15) is 9.18 Å². The highest BCUT2D eigenvalue weighted by Gasteiger charge is 2.51. The fraction of sp³-hybridized carbons (Fsp3) is 0.667. The molecule has 2 aliphatic carbocycles. The molecule has 0 aliphatic heterocycles. The predicted octanol–water partition coefficient (Wildman–Crippen LogP) is 3.72. The quantitative estimate of drug-likeness (QED) is 0.636. The van der Waals surface area contributed by atoms with Crippen molar-refractivity contribution in [3.05, 3.63) is 10.0 Å². The smallest absolute Gasteiger partial charge is 0.263 e. The second-order valence-corrected chi connectivity index (χ2v) is 7.68. The molecule has 3 rings (SSSR count). The summed E-state index contributed by atoms with van der Waals surface area (Å²) in [7, 11) is 0. The molecule has 0 atom stereocenters. The Hall–Kier alpha value is -1.39. The Balaban J connectivity index is 1.62. The zero-order valence-corrected chi connectivity index (χ0v) is 14.1. The summed E-state index contributed by atoms with van der Waals surface area (Å²) in [5.41, 5.74) is -1.93. The van der Waals surface area contributed by atoms with Gasteiger partial charge in [-0.1, -0.05) is 42.2 Å². The van der Waals surface area contributed by atoms with Crippen molar-refractivity contribution in [2.24, 2.45) is 0 Å². The number of nitrogens with zero attached hydrogens (tertiary/aromatic N) is 2. The Labute approximate surface area is 143 Å². The monoisotopic (exact) mass is 356 g/mol. The standard InChI is InChI=1S/C15H18ClFN4OS/c16-12-11(9-4-2-1-3-5-9)23-14(20-12)21-13(22)15(17)6-10(7-15)19-8-18/h9-10,19H,1-7H2,(H,20,21,22). The van der Waals surface area contributed by atoms with Crippen molar-refractivity contribution in [1.29, 1.82) is 5.26 Å². The Morgan fingerprint density at radius 2 is 2.09 bits per heavy atom. The Bertz CT molecular complexity index is 632. The molecule has 2 aliphatic rings. The molecule has 1 aromatic rings. The van der Waals surface area contributed by atoms with Crippen LogP contribution in [0.4, 0.5) is 9.52 Å². The predicted molar refractivity (Wildman–Crippen MR) is 87.2 cm³/mol. The van der Waals surface area contributed by atoms with E-state index < -0.39 is 11.6 Å². The number of carbonyl (C=O) groups is 1. The summed E-state index contributed by atoms with van der Waals surface area (Å²) in [5, 5.41) is 14.3. The summed E-state index contributed by atoms with van der Waals surface area (Å²) in [6, 6.07) is -0.270. The van der Waals surface area contributed by atoms with Gasteiger partial charge in [-0.3, -0.25) is 10.1 Å². The molecular weight excluding hydrogens is 339 g/mol. The molecule has 0 radical (unpaired) electrons. The average molecular weight is 357 g/mol. The van der Waals surface area contributed by atoms with E-state index in [1.54, 1.807) is 6.19 Å². The maximum absolute atomic E-state index is 14.4. The molecule has 8 heteroatoms. The minimum absolute atomic E-state index is 0.000975. The van der Waals surface area contributed by atoms with Crippen molar-refractivity contribution >= 4 is 34.0 Å². The van der Waals surface area contributed by atoms with Gasteiger partial charge in [0.15, 0.2) is 17.0 Å². The van der Waals surface area contributed by atoms with Gasteiger partial charge in [0.1, 0.15) is 5.15 Å². The van der Waals surface area contributed by atoms with Crippen molar-refractivity contribution in [3.8, 4) is 6.19 Å². The van der Waals surface area contributed by atoms with Crippen LogP contribution >= 0.6 is 22.9 Å². The molecule has 2 saturated carbocycles. The summed E-state index contributed by atoms with van der Waals surface area (Å²) in [6.45, 7) is 0. The molecular formula is C15H18ClFN4OS. The number of amides is 1. The summed E-state index contributed by atoms with van der Waals surface area (Å²) in [6.07, 6.45) is 7.56. The highest BCUT2D eigenvalue weighted by molar-refractivity contribution is 7.16. The summed E-state index contributed by atoms with van der Waals surface area (Å²) in [4.78, 5) is 17.3. The van der Waals surface area contributed by atoms with Crippen LogP contribution in [0.5, 0.6) is 0 Å². The Morgan fingerprint density at radius 1 is 1.39 bits per heavy atom. The molecule has 5 nitrogen and oxygen atoms in total. The molecule has 0 saturated heterocycles. The van der Waals surface area contributed by atoms with Crippen LogP contribution in [0.15, 0.2) is 0 Å². The summed E-state index contributed by atoms with van der Waals surface area (Å²) >= 11 is 7.54. The van der Waals surface area contributed by atoms with Gasteiger partial charge in [-0.15, -0.1) is 0 Å². The molecule has 1 amide bonds. The van der Waals surface area contributed by atoms with Crippen LogP contribution in [0.2, 0.25) is 5.15 Å². The number of alkyl halides is 1. The van der Waals surface area contributed by atoms with Crippen LogP contribution in [0.3, 0.4) is 0 Å². The third-order valence-electron chi connectivity index (χ3n) is 4.62. The lowest BCUT2D eigenvalue weighted by atomic mass is 9.76. The Kier molecular flexibility index (Phi) is 4.74. The molecule has 0 spiro atoms. The maximum Gasteiger partial charge on any atom is 0.263 e. The van der Waals surface area contributed by atoms with Gasteiger partial charge in [0.25, 0.3) is 5.91 Å². The fourth-order valence-corrected chi connectivity index (χ4v) is 4.72. The second-order valence-electron chi connectivity index (χ2n) is 6.29. The number of thiazole rings is 1. The maximum atomic E-state index is 14.4. The number of anilines is 1. The number of carbonyl (C=O) groups excluding carboxylic acids is 1. The van der Waals surface area contributed by atoms with E-state index >= 15 is 0 Å². The molecule has 23 heavy (non-hydrogen) atoms. The lowest BCUT2D eigenvalue weighted by molar-refractivity contribution is -0.134. The third-order valence-corrected chi connectivity index (χ3v) is 6.16. The second kappa shape index (κ2) is 6.62. The molecule has 2 N–H and O–H groups in total. The van der Waals surface area contributed by atoms with Gasteiger partial charge in [-0.05, 0) is 18.8 Å². The average Bonchev–Trinajstić information content (AvgIpc) is 2.87. The van der Waals surface area contributed by atoms with Crippen LogP contribution in [0.1, 0.15) is 55.7 Å². The normalized spacial score (nSPS) is 27.8. The van der Waals surface area contributed by atoms with Crippen LogP contribution in [-0.4, -0.2) is 22.6 Å². The number of aromatic nitrogens is 1. The van der Waals surface area contributed by atoms with Gasteiger partial charge >= 0.3 is 0 Å². The Morgan fingerprint density at radius 3 is 2.74 bits per heavy atom. The van der Waals surface area contributed by atoms with Crippen molar-refractivity contribution in [2.75, 3.05) is 5.32 Å². The molecule has 0 aromatic carbocycles. The summed E-state index contributed by atoms with van der Waals surface area (Å²) in [5.74, 6) is -0.305. The van der Waals surface area contributed by atoms with Crippen molar-refractivity contribution in [3.63, 3.8) is 0 Å². The largest absolute Gasteiger partial charge is 0.321 e. The highest BCUT2D eigenvalue weighted by Crippen LogP contribution is 2.42. The molecule has 2 fully saturated rings. The molecule has 124 valence electrons. The van der Waals surface area contributed by atoms with E-state index in [0.29, 0.717) is 16.2 Å². The SMILES string of the molecule is N#CNC1CC(F)(C(=O)Nc2nc(Cl)c(C3CCCCC3)s2)C1. The molecule has 0 unspecified atom stereocenters. The number of rotatable bonds is 4. The minimum atomic E-state index is -1.93. The van der Waals surface area contributed by atoms with E-state index in [1.165, 1.54) is 30.6 Å². The first-order valence-electron chi connectivity index (χ1n) is 7.83. The zero-order chi connectivity index (χ0) is 16.4. The number of nitrogens with one attached hydrogen (secondary N) is 2. The lowest BCUT2D eigenvalue weighted by Gasteiger charge is -2.38. The number of halogens is 2. The van der Waals surface area contributed by atoms with Gasteiger partial charge in [0.2, 0.25) is 0 Å². The van der Waals surface area contributed by atoms with E-state index in [-0.39, 0.29) is 18.9 Å². The first-order chi connectivity index (χ1) is 11.0.